The summed E-state index contributed by atoms with van der Waals surface area (Å²) in [6.07, 6.45) is 7.64. The van der Waals surface area contributed by atoms with E-state index in [-0.39, 0.29) is 6.04 Å². The Morgan fingerprint density at radius 3 is 2.94 bits per heavy atom. The van der Waals surface area contributed by atoms with E-state index < -0.39 is 0 Å². The molecule has 2 atom stereocenters. The first-order valence-corrected chi connectivity index (χ1v) is 6.55. The quantitative estimate of drug-likeness (QED) is 0.573. The number of imidazole rings is 1. The van der Waals surface area contributed by atoms with E-state index in [2.05, 4.69) is 28.7 Å². The molecule has 0 spiro atoms. The van der Waals surface area contributed by atoms with E-state index in [4.69, 9.17) is 18.0 Å². The highest BCUT2D eigenvalue weighted by atomic mass is 32.1. The molecule has 3 N–H and O–H groups in total. The van der Waals surface area contributed by atoms with Crippen molar-refractivity contribution in [1.82, 2.24) is 14.9 Å². The van der Waals surface area contributed by atoms with E-state index in [0.717, 1.165) is 30.9 Å². The second-order valence-corrected chi connectivity index (χ2v) is 4.80. The van der Waals surface area contributed by atoms with E-state index in [1.54, 1.807) is 6.20 Å². The number of hydrogen-bond donors (Lipinski definition) is 2. The van der Waals surface area contributed by atoms with Crippen molar-refractivity contribution in [2.75, 3.05) is 6.54 Å². The number of aryl methyl sites for hydroxylation is 1. The molecule has 4 nitrogen and oxygen atoms in total. The van der Waals surface area contributed by atoms with E-state index >= 15 is 0 Å². The van der Waals surface area contributed by atoms with Gasteiger partial charge in [0.25, 0.3) is 0 Å². The first kappa shape index (κ1) is 14.1. The lowest BCUT2D eigenvalue weighted by Gasteiger charge is -2.20. The maximum Gasteiger partial charge on any atom is 0.0945 e. The molecule has 1 rings (SSSR count). The molecule has 0 bridgehead atoms. The summed E-state index contributed by atoms with van der Waals surface area (Å²) in [4.78, 5) is 4.78. The van der Waals surface area contributed by atoms with Crippen LogP contribution in [0.2, 0.25) is 0 Å². The Labute approximate surface area is 109 Å². The highest BCUT2D eigenvalue weighted by Crippen LogP contribution is 2.06. The molecule has 5 heteroatoms. The second-order valence-electron chi connectivity index (χ2n) is 4.36. The van der Waals surface area contributed by atoms with E-state index in [0.29, 0.717) is 5.92 Å². The number of thiocarbonyl (C=S) groups is 1. The zero-order chi connectivity index (χ0) is 12.7. The molecule has 0 fully saturated rings. The van der Waals surface area contributed by atoms with Crippen molar-refractivity contribution in [1.29, 1.82) is 0 Å². The molecule has 1 aromatic rings. The third-order valence-corrected chi connectivity index (χ3v) is 3.43. The van der Waals surface area contributed by atoms with Crippen LogP contribution in [0, 0.1) is 5.92 Å². The molecule has 1 unspecified atom stereocenters. The van der Waals surface area contributed by atoms with Gasteiger partial charge in [0, 0.05) is 25.5 Å². The van der Waals surface area contributed by atoms with Crippen LogP contribution in [0.25, 0.3) is 0 Å². The molecule has 1 heterocycles. The van der Waals surface area contributed by atoms with Crippen LogP contribution in [0.3, 0.4) is 0 Å². The maximum atomic E-state index is 6.03. The number of rotatable bonds is 7. The summed E-state index contributed by atoms with van der Waals surface area (Å²) in [6, 6.07) is -0.0248. The summed E-state index contributed by atoms with van der Waals surface area (Å²) in [5.74, 6) is 0.434. The molecule has 17 heavy (non-hydrogen) atoms. The average Bonchev–Trinajstić information content (AvgIpc) is 2.85. The second kappa shape index (κ2) is 7.40. The van der Waals surface area contributed by atoms with Crippen LogP contribution in [0.1, 0.15) is 26.7 Å². The van der Waals surface area contributed by atoms with Gasteiger partial charge in [0.2, 0.25) is 0 Å². The Morgan fingerprint density at radius 2 is 2.35 bits per heavy atom. The van der Waals surface area contributed by atoms with E-state index in [1.165, 1.54) is 0 Å². The van der Waals surface area contributed by atoms with Gasteiger partial charge in [-0.15, -0.1) is 0 Å². The topological polar surface area (TPSA) is 55.9 Å². The predicted octanol–water partition coefficient (Wildman–Crippen LogP) is 1.56. The number of nitrogens with zero attached hydrogens (tertiary/aromatic N) is 2. The predicted molar refractivity (Wildman–Crippen MR) is 74.9 cm³/mol. The van der Waals surface area contributed by atoms with E-state index in [1.807, 2.05) is 12.5 Å². The van der Waals surface area contributed by atoms with Crippen molar-refractivity contribution in [3.05, 3.63) is 18.7 Å². The Hall–Kier alpha value is -0.940. The molecule has 0 radical (unpaired) electrons. The molecule has 0 amide bonds. The molecule has 96 valence electrons. The lowest BCUT2D eigenvalue weighted by atomic mass is 10.00. The van der Waals surface area contributed by atoms with Gasteiger partial charge in [0.05, 0.1) is 17.4 Å². The van der Waals surface area contributed by atoms with Gasteiger partial charge in [0.1, 0.15) is 0 Å². The van der Waals surface area contributed by atoms with Crippen molar-refractivity contribution in [3.8, 4) is 0 Å². The fraction of sp³-hybridized carbons (Fsp3) is 0.667. The molecule has 0 aliphatic carbocycles. The van der Waals surface area contributed by atoms with Gasteiger partial charge in [-0.25, -0.2) is 4.98 Å². The number of nitrogens with two attached hydrogens (primary N) is 1. The van der Waals surface area contributed by atoms with Gasteiger partial charge in [-0.3, -0.25) is 0 Å². The number of nitrogens with one attached hydrogen (secondary N) is 1. The summed E-state index contributed by atoms with van der Waals surface area (Å²) in [6.45, 7) is 6.08. The van der Waals surface area contributed by atoms with Gasteiger partial charge in [-0.1, -0.05) is 32.5 Å². The van der Waals surface area contributed by atoms with Crippen molar-refractivity contribution >= 4 is 17.2 Å². The van der Waals surface area contributed by atoms with Crippen LogP contribution in [0.15, 0.2) is 18.7 Å². The molecule has 0 saturated heterocycles. The van der Waals surface area contributed by atoms with Crippen LogP contribution in [-0.2, 0) is 6.54 Å². The Bertz CT molecular complexity index is 323. The highest BCUT2D eigenvalue weighted by molar-refractivity contribution is 7.80. The largest absolute Gasteiger partial charge is 0.378 e. The molecular formula is C12H22N4S. The van der Waals surface area contributed by atoms with Gasteiger partial charge in [0.15, 0.2) is 0 Å². The molecule has 0 aliphatic heterocycles. The summed E-state index contributed by atoms with van der Waals surface area (Å²) in [7, 11) is 0. The fourth-order valence-corrected chi connectivity index (χ4v) is 1.86. The van der Waals surface area contributed by atoms with Crippen molar-refractivity contribution in [2.24, 2.45) is 11.7 Å². The maximum absolute atomic E-state index is 6.03. The monoisotopic (exact) mass is 254 g/mol. The number of aromatic nitrogens is 2. The zero-order valence-corrected chi connectivity index (χ0v) is 11.4. The summed E-state index contributed by atoms with van der Waals surface area (Å²) in [5.41, 5.74) is 6.03. The summed E-state index contributed by atoms with van der Waals surface area (Å²) >= 11 is 5.28. The van der Waals surface area contributed by atoms with Crippen molar-refractivity contribution in [2.45, 2.75) is 39.3 Å². The van der Waals surface area contributed by atoms with Crippen LogP contribution in [0.5, 0.6) is 0 Å². The van der Waals surface area contributed by atoms with Gasteiger partial charge in [-0.2, -0.15) is 0 Å². The third kappa shape index (κ3) is 4.83. The average molecular weight is 254 g/mol. The Kier molecular flexibility index (Phi) is 6.15. The van der Waals surface area contributed by atoms with Gasteiger partial charge >= 0.3 is 0 Å². The lowest BCUT2D eigenvalue weighted by molar-refractivity contribution is 0.515. The standard InChI is InChI=1S/C12H22N4S/c1-3-10(2)11(13)12(17)15-5-4-7-16-8-6-14-9-16/h6,8-11H,3-5,7,13H2,1-2H3,(H,15,17)/t10?,11-/m0/s1. The van der Waals surface area contributed by atoms with Crippen LogP contribution >= 0.6 is 12.2 Å². The molecule has 0 aliphatic rings. The smallest absolute Gasteiger partial charge is 0.0945 e. The van der Waals surface area contributed by atoms with Crippen LogP contribution in [-0.4, -0.2) is 27.1 Å². The summed E-state index contributed by atoms with van der Waals surface area (Å²) < 4.78 is 2.05. The Balaban J connectivity index is 2.16. The van der Waals surface area contributed by atoms with Gasteiger partial charge in [-0.05, 0) is 12.3 Å². The molecule has 1 aromatic heterocycles. The minimum atomic E-state index is -0.0248. The Morgan fingerprint density at radius 1 is 1.59 bits per heavy atom. The highest BCUT2D eigenvalue weighted by Gasteiger charge is 2.14. The van der Waals surface area contributed by atoms with Crippen LogP contribution < -0.4 is 11.1 Å². The normalized spacial score (nSPS) is 14.3. The SMILES string of the molecule is CCC(C)[C@H](N)C(=S)NCCCn1ccnc1. The van der Waals surface area contributed by atoms with Crippen molar-refractivity contribution < 1.29 is 0 Å². The lowest BCUT2D eigenvalue weighted by Crippen LogP contribution is -2.43. The van der Waals surface area contributed by atoms with E-state index in [9.17, 15) is 0 Å². The van der Waals surface area contributed by atoms with Crippen LogP contribution in [0.4, 0.5) is 0 Å². The first-order valence-electron chi connectivity index (χ1n) is 6.14. The number of hydrogen-bond acceptors (Lipinski definition) is 3. The zero-order valence-electron chi connectivity index (χ0n) is 10.6. The third-order valence-electron chi connectivity index (χ3n) is 3.01. The molecule has 0 aromatic carbocycles. The first-order chi connectivity index (χ1) is 8.15. The van der Waals surface area contributed by atoms with Crippen molar-refractivity contribution in [3.63, 3.8) is 0 Å². The molecular weight excluding hydrogens is 232 g/mol. The minimum Gasteiger partial charge on any atom is -0.378 e. The summed E-state index contributed by atoms with van der Waals surface area (Å²) in [5, 5.41) is 3.23. The molecule has 0 saturated carbocycles. The van der Waals surface area contributed by atoms with Gasteiger partial charge < -0.3 is 15.6 Å². The fourth-order valence-electron chi connectivity index (χ4n) is 1.52. The minimum absolute atomic E-state index is 0.0248.